The van der Waals surface area contributed by atoms with Crippen LogP contribution in [0.2, 0.25) is 0 Å². The molecular formula is C7H13ClN2O3. The van der Waals surface area contributed by atoms with Gasteiger partial charge in [0.05, 0.1) is 0 Å². The molecule has 1 fully saturated rings. The highest BCUT2D eigenvalue weighted by atomic mass is 35.5. The van der Waals surface area contributed by atoms with Crippen LogP contribution in [0.3, 0.4) is 0 Å². The molecule has 0 aromatic heterocycles. The zero-order valence-electron chi connectivity index (χ0n) is 7.19. The van der Waals surface area contributed by atoms with Crippen LogP contribution in [-0.4, -0.2) is 43.0 Å². The van der Waals surface area contributed by atoms with Crippen molar-refractivity contribution in [1.82, 2.24) is 4.90 Å². The van der Waals surface area contributed by atoms with E-state index in [4.69, 9.17) is 10.5 Å². The number of rotatable bonds is 3. The lowest BCUT2D eigenvalue weighted by Crippen LogP contribution is -2.46. The number of ether oxygens (including phenoxy) is 1. The summed E-state index contributed by atoms with van der Waals surface area (Å²) in [6, 6.07) is 0. The minimum atomic E-state index is -0.264. The van der Waals surface area contributed by atoms with Crippen LogP contribution in [0.4, 0.5) is 0 Å². The molecule has 1 aliphatic rings. The second-order valence-corrected chi connectivity index (χ2v) is 2.57. The van der Waals surface area contributed by atoms with Gasteiger partial charge in [0.25, 0.3) is 11.8 Å². The van der Waals surface area contributed by atoms with Crippen molar-refractivity contribution in [1.29, 1.82) is 0 Å². The first-order valence-electron chi connectivity index (χ1n) is 3.86. The van der Waals surface area contributed by atoms with Gasteiger partial charge in [-0.15, -0.1) is 12.4 Å². The first kappa shape index (κ1) is 12.3. The fraction of sp³-hybridized carbons (Fsp3) is 0.714. The number of nitrogens with zero attached hydrogens (tertiary/aromatic N) is 1. The minimum absolute atomic E-state index is 0. The molecule has 5 nitrogen and oxygen atoms in total. The maximum atomic E-state index is 11.0. The van der Waals surface area contributed by atoms with E-state index in [1.807, 2.05) is 0 Å². The van der Waals surface area contributed by atoms with Crippen LogP contribution < -0.4 is 5.73 Å². The fourth-order valence-electron chi connectivity index (χ4n) is 1.02. The average Bonchev–Trinajstić information content (AvgIpc) is 2.04. The summed E-state index contributed by atoms with van der Waals surface area (Å²) >= 11 is 0. The molecule has 76 valence electrons. The number of carbonyl (C=O) groups is 2. The number of nitrogens with two attached hydrogens (primary N) is 1. The van der Waals surface area contributed by atoms with Gasteiger partial charge in [0, 0.05) is 6.54 Å². The van der Waals surface area contributed by atoms with Gasteiger partial charge in [0.2, 0.25) is 0 Å². The van der Waals surface area contributed by atoms with E-state index in [1.165, 1.54) is 4.90 Å². The Labute approximate surface area is 82.6 Å². The lowest BCUT2D eigenvalue weighted by Gasteiger charge is -2.24. The summed E-state index contributed by atoms with van der Waals surface area (Å²) in [4.78, 5) is 23.3. The Morgan fingerprint density at radius 2 is 1.85 bits per heavy atom. The summed E-state index contributed by atoms with van der Waals surface area (Å²) in [6.45, 7) is 0.919. The van der Waals surface area contributed by atoms with Crippen LogP contribution in [0.25, 0.3) is 0 Å². The molecule has 6 heteroatoms. The van der Waals surface area contributed by atoms with Crippen LogP contribution in [0.1, 0.15) is 6.42 Å². The molecule has 0 aliphatic carbocycles. The second-order valence-electron chi connectivity index (χ2n) is 2.57. The van der Waals surface area contributed by atoms with E-state index in [2.05, 4.69) is 0 Å². The number of imide groups is 1. The number of hydrogen-bond donors (Lipinski definition) is 1. The third-order valence-electron chi connectivity index (χ3n) is 1.64. The molecule has 0 saturated carbocycles. The normalized spacial score (nSPS) is 17.2. The zero-order chi connectivity index (χ0) is 8.97. The molecular weight excluding hydrogens is 196 g/mol. The van der Waals surface area contributed by atoms with E-state index in [0.29, 0.717) is 19.5 Å². The van der Waals surface area contributed by atoms with Gasteiger partial charge in [0.15, 0.2) is 0 Å². The fourth-order valence-corrected chi connectivity index (χ4v) is 1.02. The molecule has 2 amide bonds. The molecule has 0 radical (unpaired) electrons. The minimum Gasteiger partial charge on any atom is -0.362 e. The molecule has 1 aliphatic heterocycles. The standard InChI is InChI=1S/C7H12N2O3.ClH/c8-2-1-3-9-6(10)4-12-5-7(9)11;/h1-5,8H2;1H. The van der Waals surface area contributed by atoms with Crippen LogP contribution in [0.5, 0.6) is 0 Å². The van der Waals surface area contributed by atoms with E-state index < -0.39 is 0 Å². The molecule has 0 spiro atoms. The number of amides is 2. The van der Waals surface area contributed by atoms with Gasteiger partial charge in [-0.25, -0.2) is 0 Å². The van der Waals surface area contributed by atoms with E-state index in [0.717, 1.165) is 0 Å². The van der Waals surface area contributed by atoms with E-state index in [-0.39, 0.29) is 37.4 Å². The van der Waals surface area contributed by atoms with E-state index in [1.54, 1.807) is 0 Å². The third-order valence-corrected chi connectivity index (χ3v) is 1.64. The Bertz CT molecular complexity index is 182. The first-order valence-corrected chi connectivity index (χ1v) is 3.86. The Morgan fingerprint density at radius 3 is 2.31 bits per heavy atom. The maximum absolute atomic E-state index is 11.0. The molecule has 13 heavy (non-hydrogen) atoms. The van der Waals surface area contributed by atoms with Crippen molar-refractivity contribution in [3.63, 3.8) is 0 Å². The zero-order valence-corrected chi connectivity index (χ0v) is 8.01. The monoisotopic (exact) mass is 208 g/mol. The lowest BCUT2D eigenvalue weighted by atomic mass is 10.3. The first-order chi connectivity index (χ1) is 5.75. The maximum Gasteiger partial charge on any atom is 0.255 e. The predicted molar refractivity (Wildman–Crippen MR) is 48.5 cm³/mol. The molecule has 1 heterocycles. The highest BCUT2D eigenvalue weighted by Gasteiger charge is 2.25. The summed E-state index contributed by atoms with van der Waals surface area (Å²) < 4.78 is 4.73. The Balaban J connectivity index is 0.00000144. The van der Waals surface area contributed by atoms with Crippen molar-refractivity contribution in [2.45, 2.75) is 6.42 Å². The van der Waals surface area contributed by atoms with E-state index in [9.17, 15) is 9.59 Å². The lowest BCUT2D eigenvalue weighted by molar-refractivity contribution is -0.158. The Kier molecular flexibility index (Phi) is 5.61. The molecule has 1 rings (SSSR count). The summed E-state index contributed by atoms with van der Waals surface area (Å²) in [5.41, 5.74) is 5.26. The predicted octanol–water partition coefficient (Wildman–Crippen LogP) is -0.858. The Hall–Kier alpha value is -0.650. The van der Waals surface area contributed by atoms with E-state index >= 15 is 0 Å². The van der Waals surface area contributed by atoms with Crippen molar-refractivity contribution in [3.8, 4) is 0 Å². The van der Waals surface area contributed by atoms with Crippen molar-refractivity contribution < 1.29 is 14.3 Å². The van der Waals surface area contributed by atoms with Crippen LogP contribution in [0, 0.1) is 0 Å². The highest BCUT2D eigenvalue weighted by molar-refractivity contribution is 5.98. The summed E-state index contributed by atoms with van der Waals surface area (Å²) in [7, 11) is 0. The quantitative estimate of drug-likeness (QED) is 0.613. The van der Waals surface area contributed by atoms with Gasteiger partial charge < -0.3 is 10.5 Å². The van der Waals surface area contributed by atoms with Crippen LogP contribution >= 0.6 is 12.4 Å². The summed E-state index contributed by atoms with van der Waals surface area (Å²) in [5, 5.41) is 0. The SMILES string of the molecule is Cl.NCCCN1C(=O)COCC1=O. The molecule has 0 aromatic carbocycles. The van der Waals surface area contributed by atoms with Gasteiger partial charge in [-0.3, -0.25) is 14.5 Å². The Morgan fingerprint density at radius 1 is 1.31 bits per heavy atom. The molecule has 0 aromatic rings. The van der Waals surface area contributed by atoms with Crippen LogP contribution in [0.15, 0.2) is 0 Å². The largest absolute Gasteiger partial charge is 0.362 e. The molecule has 0 atom stereocenters. The number of morpholine rings is 1. The average molecular weight is 209 g/mol. The number of hydrogen-bond acceptors (Lipinski definition) is 4. The third kappa shape index (κ3) is 3.30. The summed E-state index contributed by atoms with van der Waals surface area (Å²) in [6.07, 6.45) is 0.650. The topological polar surface area (TPSA) is 72.6 Å². The van der Waals surface area contributed by atoms with Crippen molar-refractivity contribution in [2.75, 3.05) is 26.3 Å². The highest BCUT2D eigenvalue weighted by Crippen LogP contribution is 2.00. The molecule has 1 saturated heterocycles. The molecule has 0 bridgehead atoms. The van der Waals surface area contributed by atoms with Gasteiger partial charge in [0.1, 0.15) is 13.2 Å². The van der Waals surface area contributed by atoms with Crippen molar-refractivity contribution in [3.05, 3.63) is 0 Å². The molecule has 0 unspecified atom stereocenters. The summed E-state index contributed by atoms with van der Waals surface area (Å²) in [5.74, 6) is -0.528. The van der Waals surface area contributed by atoms with Gasteiger partial charge >= 0.3 is 0 Å². The van der Waals surface area contributed by atoms with Gasteiger partial charge in [-0.2, -0.15) is 0 Å². The number of carbonyl (C=O) groups excluding carboxylic acids is 2. The second kappa shape index (κ2) is 5.90. The number of halogens is 1. The van der Waals surface area contributed by atoms with Crippen molar-refractivity contribution >= 4 is 24.2 Å². The molecule has 2 N–H and O–H groups in total. The van der Waals surface area contributed by atoms with Gasteiger partial charge in [-0.05, 0) is 13.0 Å². The van der Waals surface area contributed by atoms with Crippen LogP contribution in [-0.2, 0) is 14.3 Å². The van der Waals surface area contributed by atoms with Crippen molar-refractivity contribution in [2.24, 2.45) is 5.73 Å². The smallest absolute Gasteiger partial charge is 0.255 e. The van der Waals surface area contributed by atoms with Gasteiger partial charge in [-0.1, -0.05) is 0 Å².